The molecule has 0 radical (unpaired) electrons. The Morgan fingerprint density at radius 3 is 1.24 bits per heavy atom. The monoisotopic (exact) mass is 1390 g/mol. The standard InChI is InChI=1S/C98H79BN2SSi2/c1-97(2,3)73-56-59-89(84(62-73)70-38-18-9-19-39-70)101-90-65-75(100-87-54-30-28-52-82(87)83-53-29-31-55-88(83)100)57-58-85(90)99-86-66-94(103(76-42-20-10-21-43-76,77-44-22-11-23-45-77)80-50-32-40-71(60-80)68-34-14-7-15-35-68)95(67-92(86)102-93-64-74(98(4,5)6)63-91(101)96(93)99)104(78-46-24-12-25-47-78,79-48-26-13-27-49-79)81-51-33-41-72(61-81)69-36-16-8-17-37-69/h7-67H,1-6H3/i28D,29D,30D,31D,52D,53D,54D,55D. The van der Waals surface area contributed by atoms with Crippen LogP contribution in [0.25, 0.3) is 60.9 Å². The first-order chi connectivity index (χ1) is 54.2. The highest BCUT2D eigenvalue weighted by molar-refractivity contribution is 8.00. The number of anilines is 3. The SMILES string of the molecule is [2H]c1c([2H])c([2H])c2c(c1[2H])c1c([2H])c([2H])c([2H])c([2H])c1n2-c1ccc2c(c1)N(c1ccc(C(C)(C)C)cc1-c1ccccc1)c1cc(C(C)(C)C)cc3c1B2c1cc([Si](c2ccccc2)(c2ccccc2)c2cccc(-c4ccccc4)c2)c([Si](c2ccccc2)(c2ccccc2)c2cccc(-c4ccccc4)c2)cc1S3. The Balaban J connectivity index is 1.05. The maximum Gasteiger partial charge on any atom is 0.249 e. The van der Waals surface area contributed by atoms with Crippen LogP contribution < -0.4 is 62.8 Å². The van der Waals surface area contributed by atoms with Gasteiger partial charge in [-0.1, -0.05) is 374 Å². The molecule has 2 aliphatic rings. The molecule has 0 unspecified atom stereocenters. The molecule has 6 heteroatoms. The summed E-state index contributed by atoms with van der Waals surface area (Å²) in [7, 11) is -7.50. The predicted octanol–water partition coefficient (Wildman–Crippen LogP) is 17.9. The number of hydrogen-bond donors (Lipinski definition) is 0. The molecular formula is C98H79BN2SSi2. The molecule has 104 heavy (non-hydrogen) atoms. The normalized spacial score (nSPS) is 13.9. The fourth-order valence-corrected chi connectivity index (χ4v) is 29.0. The third-order valence-electron chi connectivity index (χ3n) is 21.7. The van der Waals surface area contributed by atoms with E-state index in [1.54, 1.807) is 4.57 Å². The third-order valence-corrected chi connectivity index (χ3v) is 32.7. The number of benzene rings is 15. The van der Waals surface area contributed by atoms with Gasteiger partial charge in [-0.05, 0) is 157 Å². The molecule has 2 aliphatic heterocycles. The molecule has 0 N–H and O–H groups in total. The lowest BCUT2D eigenvalue weighted by molar-refractivity contribution is 0.589. The summed E-state index contributed by atoms with van der Waals surface area (Å²) in [6.07, 6.45) is 0. The maximum absolute atomic E-state index is 9.86. The molecule has 0 amide bonds. The summed E-state index contributed by atoms with van der Waals surface area (Å²) in [5.74, 6) is 0. The molecule has 0 aliphatic carbocycles. The van der Waals surface area contributed by atoms with Crippen LogP contribution in [0.4, 0.5) is 17.1 Å². The van der Waals surface area contributed by atoms with Crippen molar-refractivity contribution in [3.63, 3.8) is 0 Å². The van der Waals surface area contributed by atoms with Crippen LogP contribution in [0.15, 0.2) is 380 Å². The quantitative estimate of drug-likeness (QED) is 0.0840. The molecule has 0 fully saturated rings. The average Bonchev–Trinajstić information content (AvgIpc) is 0.979. The number of nitrogens with zero attached hydrogens (tertiary/aromatic N) is 2. The van der Waals surface area contributed by atoms with Gasteiger partial charge < -0.3 is 9.47 Å². The highest BCUT2D eigenvalue weighted by Crippen LogP contribution is 2.48. The molecule has 0 bridgehead atoms. The predicted molar refractivity (Wildman–Crippen MR) is 452 cm³/mol. The van der Waals surface area contributed by atoms with Crippen molar-refractivity contribution in [3.05, 3.63) is 381 Å². The second-order valence-electron chi connectivity index (χ2n) is 29.7. The Hall–Kier alpha value is -11.3. The Morgan fingerprint density at radius 1 is 0.327 bits per heavy atom. The molecule has 0 saturated carbocycles. The number of rotatable bonds is 13. The van der Waals surface area contributed by atoms with E-state index >= 15 is 0 Å². The minimum absolute atomic E-state index is 0.0225. The summed E-state index contributed by atoms with van der Waals surface area (Å²) in [5, 5.41) is 9.98. The zero-order chi connectivity index (χ0) is 77.3. The number of aromatic nitrogens is 1. The van der Waals surface area contributed by atoms with Crippen LogP contribution in [0.3, 0.4) is 0 Å². The van der Waals surface area contributed by atoms with Crippen molar-refractivity contribution in [2.75, 3.05) is 4.90 Å². The molecule has 1 aromatic heterocycles. The molecule has 0 spiro atoms. The van der Waals surface area contributed by atoms with E-state index in [2.05, 4.69) is 362 Å². The highest BCUT2D eigenvalue weighted by atomic mass is 32.2. The van der Waals surface area contributed by atoms with Crippen LogP contribution in [0, 0.1) is 0 Å². The Labute approximate surface area is 630 Å². The lowest BCUT2D eigenvalue weighted by Crippen LogP contribution is -2.85. The third kappa shape index (κ3) is 10.8. The van der Waals surface area contributed by atoms with E-state index in [-0.39, 0.29) is 56.8 Å². The lowest BCUT2D eigenvalue weighted by Gasteiger charge is -2.45. The summed E-state index contributed by atoms with van der Waals surface area (Å²) in [6, 6.07) is 116. The second-order valence-corrected chi connectivity index (χ2v) is 38.3. The van der Waals surface area contributed by atoms with Crippen molar-refractivity contribution < 1.29 is 11.0 Å². The molecule has 15 aromatic carbocycles. The molecule has 16 aromatic rings. The van der Waals surface area contributed by atoms with Gasteiger partial charge in [0.05, 0.1) is 27.7 Å². The van der Waals surface area contributed by atoms with Gasteiger partial charge in [0.25, 0.3) is 0 Å². The molecular weight excluding hydrogens is 1300 g/mol. The zero-order valence-corrected chi connectivity index (χ0v) is 61.8. The maximum atomic E-state index is 9.86. The van der Waals surface area contributed by atoms with Crippen LogP contribution in [0.1, 0.15) is 63.6 Å². The van der Waals surface area contributed by atoms with Gasteiger partial charge >= 0.3 is 0 Å². The molecule has 498 valence electrons. The van der Waals surface area contributed by atoms with E-state index in [4.69, 9.17) is 2.74 Å². The lowest BCUT2D eigenvalue weighted by atomic mass is 9.34. The van der Waals surface area contributed by atoms with Crippen molar-refractivity contribution in [1.29, 1.82) is 0 Å². The Morgan fingerprint density at radius 2 is 0.760 bits per heavy atom. The van der Waals surface area contributed by atoms with Gasteiger partial charge in [0, 0.05) is 43.2 Å². The van der Waals surface area contributed by atoms with Crippen LogP contribution in [0.2, 0.25) is 0 Å². The van der Waals surface area contributed by atoms with Crippen LogP contribution in [-0.2, 0) is 10.8 Å². The smallest absolute Gasteiger partial charge is 0.249 e. The van der Waals surface area contributed by atoms with E-state index in [9.17, 15) is 8.22 Å². The van der Waals surface area contributed by atoms with Crippen LogP contribution in [0.5, 0.6) is 0 Å². The van der Waals surface area contributed by atoms with E-state index in [1.807, 2.05) is 17.8 Å². The number of fused-ring (bicyclic) bond motifs is 7. The Bertz CT molecular complexity index is 6260. The highest BCUT2D eigenvalue weighted by Gasteiger charge is 2.53. The zero-order valence-electron chi connectivity index (χ0n) is 67.0. The average molecular weight is 1390 g/mol. The van der Waals surface area contributed by atoms with Crippen molar-refractivity contribution in [2.45, 2.75) is 62.2 Å². The summed E-state index contributed by atoms with van der Waals surface area (Å²) in [4.78, 5) is 4.68. The summed E-state index contributed by atoms with van der Waals surface area (Å²) in [5.41, 5.74) is 14.7. The molecule has 3 heterocycles. The van der Waals surface area contributed by atoms with Crippen LogP contribution in [-0.4, -0.2) is 27.4 Å². The van der Waals surface area contributed by atoms with Gasteiger partial charge in [-0.15, -0.1) is 0 Å². The van der Waals surface area contributed by atoms with Crippen molar-refractivity contribution in [3.8, 4) is 39.1 Å². The van der Waals surface area contributed by atoms with Gasteiger partial charge in [-0.3, -0.25) is 0 Å². The van der Waals surface area contributed by atoms with E-state index in [0.29, 0.717) is 5.69 Å². The van der Waals surface area contributed by atoms with E-state index < -0.39 is 47.0 Å². The minimum atomic E-state index is -3.79. The fourth-order valence-electron chi connectivity index (χ4n) is 16.8. The summed E-state index contributed by atoms with van der Waals surface area (Å²) >= 11 is 1.86. The molecule has 0 saturated heterocycles. The largest absolute Gasteiger partial charge is 0.311 e. The van der Waals surface area contributed by atoms with Gasteiger partial charge in [0.1, 0.15) is 0 Å². The van der Waals surface area contributed by atoms with Crippen LogP contribution >= 0.6 is 11.8 Å². The number of para-hydroxylation sites is 2. The number of hydrogen-bond acceptors (Lipinski definition) is 2. The first kappa shape index (κ1) is 56.3. The van der Waals surface area contributed by atoms with Gasteiger partial charge in [0.2, 0.25) is 6.71 Å². The molecule has 2 nitrogen and oxygen atoms in total. The van der Waals surface area contributed by atoms with Gasteiger partial charge in [0.15, 0.2) is 16.1 Å². The van der Waals surface area contributed by atoms with Crippen molar-refractivity contribution in [2.24, 2.45) is 0 Å². The van der Waals surface area contributed by atoms with Crippen molar-refractivity contribution >= 4 is 131 Å². The first-order valence-electron chi connectivity index (χ1n) is 39.9. The Kier molecular flexibility index (Phi) is 14.0. The summed E-state index contributed by atoms with van der Waals surface area (Å²) in [6.45, 7) is 13.1. The first-order valence-corrected chi connectivity index (χ1v) is 40.7. The van der Waals surface area contributed by atoms with E-state index in [0.717, 1.165) is 87.7 Å². The fraction of sp³-hybridized carbons (Fsp3) is 0.0816. The topological polar surface area (TPSA) is 8.17 Å². The van der Waals surface area contributed by atoms with Gasteiger partial charge in [-0.25, -0.2) is 0 Å². The van der Waals surface area contributed by atoms with Crippen molar-refractivity contribution in [1.82, 2.24) is 4.57 Å². The van der Waals surface area contributed by atoms with Gasteiger partial charge in [-0.2, -0.15) is 0 Å². The minimum Gasteiger partial charge on any atom is -0.311 e. The molecule has 0 atom stereocenters. The summed E-state index contributed by atoms with van der Waals surface area (Å²) < 4.78 is 77.3. The van der Waals surface area contributed by atoms with E-state index in [1.165, 1.54) is 41.5 Å². The second kappa shape index (κ2) is 25.9. The molecule has 18 rings (SSSR count).